The summed E-state index contributed by atoms with van der Waals surface area (Å²) in [5.74, 6) is 0.0303. The average Bonchev–Trinajstić information content (AvgIpc) is 3.15. The van der Waals surface area contributed by atoms with Gasteiger partial charge in [0.1, 0.15) is 0 Å². The Morgan fingerprint density at radius 2 is 1.73 bits per heavy atom. The van der Waals surface area contributed by atoms with E-state index in [1.54, 1.807) is 18.2 Å². The zero-order valence-electron chi connectivity index (χ0n) is 16.4. The van der Waals surface area contributed by atoms with Crippen LogP contribution < -0.4 is 9.80 Å². The summed E-state index contributed by atoms with van der Waals surface area (Å²) in [5.41, 5.74) is 2.44. The van der Waals surface area contributed by atoms with E-state index in [-0.39, 0.29) is 5.41 Å². The number of benzene rings is 1. The van der Waals surface area contributed by atoms with Crippen molar-refractivity contribution in [1.82, 2.24) is 15.1 Å². The fraction of sp³-hybridized carbons (Fsp3) is 0.381. The van der Waals surface area contributed by atoms with Crippen LogP contribution in [0, 0.1) is 18.3 Å². The molecule has 2 aliphatic rings. The van der Waals surface area contributed by atoms with Crippen molar-refractivity contribution in [2.24, 2.45) is 5.41 Å². The molecule has 2 fully saturated rings. The van der Waals surface area contributed by atoms with Gasteiger partial charge in [-0.3, -0.25) is 0 Å². The summed E-state index contributed by atoms with van der Waals surface area (Å²) >= 11 is 12.2. The van der Waals surface area contributed by atoms with E-state index in [0.717, 1.165) is 50.3 Å². The second-order valence-electron chi connectivity index (χ2n) is 8.23. The summed E-state index contributed by atoms with van der Waals surface area (Å²) in [5, 5.41) is 5.17. The van der Waals surface area contributed by atoms with Gasteiger partial charge in [-0.15, -0.1) is 0 Å². The van der Waals surface area contributed by atoms with E-state index in [1.807, 2.05) is 13.0 Å². The van der Waals surface area contributed by atoms with Gasteiger partial charge in [0.15, 0.2) is 0 Å². The molecular weight excluding hydrogens is 428 g/mol. The molecule has 2 aromatic heterocycles. The molecule has 0 N–H and O–H groups in total. The van der Waals surface area contributed by atoms with E-state index in [9.17, 15) is 4.39 Å². The monoisotopic (exact) mass is 447 g/mol. The highest BCUT2D eigenvalue weighted by Crippen LogP contribution is 2.42. The molecule has 0 unspecified atom stereocenters. The maximum Gasteiger partial charge on any atom is 0.324 e. The summed E-state index contributed by atoms with van der Waals surface area (Å²) in [6.07, 6.45) is 2.16. The molecule has 2 saturated heterocycles. The first-order valence-electron chi connectivity index (χ1n) is 9.83. The Bertz CT molecular complexity index is 1060. The second-order valence-corrected chi connectivity index (χ2v) is 9.10. The Balaban J connectivity index is 1.30. The Hall–Kier alpha value is -2.38. The molecular formula is C21H20Cl2FN5O. The molecule has 1 aromatic carbocycles. The van der Waals surface area contributed by atoms with Gasteiger partial charge in [0.2, 0.25) is 11.8 Å². The molecule has 0 bridgehead atoms. The number of nitrogens with zero attached hydrogens (tertiary/aromatic N) is 5. The first-order chi connectivity index (χ1) is 14.4. The number of hydrogen-bond acceptors (Lipinski definition) is 6. The topological polar surface area (TPSA) is 58.3 Å². The maximum absolute atomic E-state index is 13.7. The van der Waals surface area contributed by atoms with Crippen LogP contribution in [-0.4, -0.2) is 41.3 Å². The third-order valence-corrected chi connectivity index (χ3v) is 6.23. The lowest BCUT2D eigenvalue weighted by Gasteiger charge is -2.55. The van der Waals surface area contributed by atoms with Crippen LogP contribution >= 0.6 is 23.2 Å². The standard InChI is InChI=1S/C21H20Cl2FN5O/c1-13-5-17(9-18(24)25-13)29-11-21(12-29)3-2-4-28(10-21)20-26-19(27-30-20)14-6-15(22)8-16(23)7-14/h5-9H,2-4,10-12H2,1H3. The highest BCUT2D eigenvalue weighted by Gasteiger charge is 2.46. The summed E-state index contributed by atoms with van der Waals surface area (Å²) in [6.45, 7) is 5.25. The van der Waals surface area contributed by atoms with E-state index in [1.165, 1.54) is 6.07 Å². The Morgan fingerprint density at radius 3 is 2.47 bits per heavy atom. The minimum atomic E-state index is -0.435. The smallest absolute Gasteiger partial charge is 0.324 e. The zero-order chi connectivity index (χ0) is 20.9. The van der Waals surface area contributed by atoms with Crippen molar-refractivity contribution < 1.29 is 8.91 Å². The molecule has 9 heteroatoms. The molecule has 0 aliphatic carbocycles. The van der Waals surface area contributed by atoms with E-state index < -0.39 is 5.95 Å². The molecule has 3 aromatic rings. The number of rotatable bonds is 3. The van der Waals surface area contributed by atoms with Gasteiger partial charge in [-0.05, 0) is 44.0 Å². The highest BCUT2D eigenvalue weighted by molar-refractivity contribution is 6.35. The Morgan fingerprint density at radius 1 is 1.00 bits per heavy atom. The summed E-state index contributed by atoms with van der Waals surface area (Å²) in [6, 6.07) is 9.13. The minimum absolute atomic E-state index is 0.139. The first kappa shape index (κ1) is 19.6. The van der Waals surface area contributed by atoms with Crippen LogP contribution in [0.4, 0.5) is 16.1 Å². The first-order valence-corrected chi connectivity index (χ1v) is 10.6. The lowest BCUT2D eigenvalue weighted by atomic mass is 9.73. The van der Waals surface area contributed by atoms with Crippen LogP contribution in [0.3, 0.4) is 0 Å². The van der Waals surface area contributed by atoms with Gasteiger partial charge >= 0.3 is 6.01 Å². The van der Waals surface area contributed by atoms with Gasteiger partial charge in [-0.2, -0.15) is 9.37 Å². The van der Waals surface area contributed by atoms with Crippen LogP contribution in [0.1, 0.15) is 18.5 Å². The van der Waals surface area contributed by atoms with E-state index >= 15 is 0 Å². The zero-order valence-corrected chi connectivity index (χ0v) is 17.9. The third kappa shape index (κ3) is 3.72. The number of piperidine rings is 1. The van der Waals surface area contributed by atoms with Crippen molar-refractivity contribution in [1.29, 1.82) is 0 Å². The normalized spacial score (nSPS) is 18.0. The van der Waals surface area contributed by atoms with Crippen molar-refractivity contribution >= 4 is 34.9 Å². The van der Waals surface area contributed by atoms with Gasteiger partial charge in [-0.25, -0.2) is 4.98 Å². The van der Waals surface area contributed by atoms with Crippen LogP contribution in [0.15, 0.2) is 34.9 Å². The largest absolute Gasteiger partial charge is 0.370 e. The third-order valence-electron chi connectivity index (χ3n) is 5.79. The predicted molar refractivity (Wildman–Crippen MR) is 115 cm³/mol. The maximum atomic E-state index is 13.7. The minimum Gasteiger partial charge on any atom is -0.370 e. The van der Waals surface area contributed by atoms with Crippen molar-refractivity contribution in [3.63, 3.8) is 0 Å². The van der Waals surface area contributed by atoms with E-state index in [2.05, 4.69) is 24.9 Å². The second kappa shape index (κ2) is 7.39. The lowest BCUT2D eigenvalue weighted by molar-refractivity contribution is 0.169. The highest BCUT2D eigenvalue weighted by atomic mass is 35.5. The quantitative estimate of drug-likeness (QED) is 0.526. The summed E-state index contributed by atoms with van der Waals surface area (Å²) < 4.78 is 19.2. The van der Waals surface area contributed by atoms with Gasteiger partial charge in [-0.1, -0.05) is 28.4 Å². The summed E-state index contributed by atoms with van der Waals surface area (Å²) in [7, 11) is 0. The molecule has 156 valence electrons. The SMILES string of the molecule is Cc1cc(N2CC3(CCCN(c4nc(-c5cc(Cl)cc(Cl)c5)no4)C3)C2)cc(F)n1. The summed E-state index contributed by atoms with van der Waals surface area (Å²) in [4.78, 5) is 12.7. The van der Waals surface area contributed by atoms with Crippen LogP contribution in [0.25, 0.3) is 11.4 Å². The molecule has 4 heterocycles. The van der Waals surface area contributed by atoms with Crippen LogP contribution in [-0.2, 0) is 0 Å². The van der Waals surface area contributed by atoms with E-state index in [0.29, 0.717) is 27.6 Å². The van der Waals surface area contributed by atoms with E-state index in [4.69, 9.17) is 27.7 Å². The number of aromatic nitrogens is 3. The molecule has 30 heavy (non-hydrogen) atoms. The molecule has 0 radical (unpaired) electrons. The van der Waals surface area contributed by atoms with Crippen molar-refractivity contribution in [3.8, 4) is 11.4 Å². The van der Waals surface area contributed by atoms with Crippen molar-refractivity contribution in [3.05, 3.63) is 52.0 Å². The number of hydrogen-bond donors (Lipinski definition) is 0. The molecule has 0 saturated carbocycles. The average molecular weight is 448 g/mol. The number of pyridine rings is 1. The molecule has 5 rings (SSSR count). The number of aryl methyl sites for hydroxylation is 1. The molecule has 0 atom stereocenters. The van der Waals surface area contributed by atoms with Gasteiger partial charge in [0, 0.05) is 64.7 Å². The fourth-order valence-electron chi connectivity index (χ4n) is 4.51. The predicted octanol–water partition coefficient (Wildman–Crippen LogP) is 4.99. The van der Waals surface area contributed by atoms with Crippen LogP contribution in [0.5, 0.6) is 0 Å². The Kier molecular flexibility index (Phi) is 4.82. The molecule has 6 nitrogen and oxygen atoms in total. The number of anilines is 2. The van der Waals surface area contributed by atoms with Crippen molar-refractivity contribution in [2.45, 2.75) is 19.8 Å². The van der Waals surface area contributed by atoms with Gasteiger partial charge in [0.25, 0.3) is 0 Å². The molecule has 1 spiro atoms. The molecule has 2 aliphatic heterocycles. The van der Waals surface area contributed by atoms with Crippen LogP contribution in [0.2, 0.25) is 10.0 Å². The number of halogens is 3. The van der Waals surface area contributed by atoms with Gasteiger partial charge in [0.05, 0.1) is 0 Å². The Labute approximate surface area is 183 Å². The van der Waals surface area contributed by atoms with Gasteiger partial charge < -0.3 is 14.3 Å². The van der Waals surface area contributed by atoms with Crippen molar-refractivity contribution in [2.75, 3.05) is 36.0 Å². The molecule has 0 amide bonds. The lowest BCUT2D eigenvalue weighted by Crippen LogP contribution is -2.63. The fourth-order valence-corrected chi connectivity index (χ4v) is 5.04.